The smallest absolute Gasteiger partial charge is 0.226 e. The Morgan fingerprint density at radius 1 is 1.47 bits per heavy atom. The molecular formula is C13H18BrNO2. The van der Waals surface area contributed by atoms with Crippen molar-refractivity contribution in [3.05, 3.63) is 29.8 Å². The summed E-state index contributed by atoms with van der Waals surface area (Å²) in [6.07, 6.45) is 0.375. The Balaban J connectivity index is 2.67. The van der Waals surface area contributed by atoms with E-state index in [1.165, 1.54) is 0 Å². The van der Waals surface area contributed by atoms with Crippen LogP contribution in [-0.2, 0) is 11.2 Å². The van der Waals surface area contributed by atoms with E-state index < -0.39 is 0 Å². The average Bonchev–Trinajstić information content (AvgIpc) is 2.28. The van der Waals surface area contributed by atoms with Gasteiger partial charge in [0.2, 0.25) is 5.91 Å². The second-order valence-electron chi connectivity index (χ2n) is 4.04. The highest BCUT2D eigenvalue weighted by Gasteiger charge is 2.13. The van der Waals surface area contributed by atoms with Gasteiger partial charge in [-0.2, -0.15) is 0 Å². The van der Waals surface area contributed by atoms with E-state index in [9.17, 15) is 4.79 Å². The van der Waals surface area contributed by atoms with E-state index in [0.29, 0.717) is 17.8 Å². The van der Waals surface area contributed by atoms with Crippen molar-refractivity contribution < 1.29 is 9.53 Å². The number of carbonyl (C=O) groups is 1. The molecule has 0 aliphatic heterocycles. The molecule has 94 valence electrons. The van der Waals surface area contributed by atoms with Crippen molar-refractivity contribution in [2.75, 3.05) is 20.7 Å². The summed E-state index contributed by atoms with van der Waals surface area (Å²) < 4.78 is 5.23. The summed E-state index contributed by atoms with van der Waals surface area (Å²) >= 11 is 3.44. The Hall–Kier alpha value is -1.03. The molecule has 1 atom stereocenters. The second-order valence-corrected chi connectivity index (χ2v) is 5.61. The Morgan fingerprint density at radius 3 is 2.71 bits per heavy atom. The van der Waals surface area contributed by atoms with Crippen LogP contribution in [-0.4, -0.2) is 36.3 Å². The van der Waals surface area contributed by atoms with Crippen LogP contribution in [0.3, 0.4) is 0 Å². The van der Waals surface area contributed by atoms with E-state index in [4.69, 9.17) is 4.74 Å². The van der Waals surface area contributed by atoms with Gasteiger partial charge in [0.1, 0.15) is 5.75 Å². The molecule has 0 bridgehead atoms. The molecule has 0 saturated carbocycles. The summed E-state index contributed by atoms with van der Waals surface area (Å²) in [6, 6.07) is 7.60. The third kappa shape index (κ3) is 4.38. The van der Waals surface area contributed by atoms with E-state index in [1.807, 2.05) is 38.2 Å². The number of rotatable bonds is 5. The molecule has 1 aromatic carbocycles. The number of alkyl halides is 1. The fourth-order valence-corrected chi connectivity index (χ4v) is 2.06. The lowest BCUT2D eigenvalue weighted by atomic mass is 10.1. The van der Waals surface area contributed by atoms with Crippen molar-refractivity contribution in [1.82, 2.24) is 4.90 Å². The van der Waals surface area contributed by atoms with Crippen LogP contribution in [0.2, 0.25) is 0 Å². The number of nitrogens with zero attached hydrogens (tertiary/aromatic N) is 1. The molecule has 1 unspecified atom stereocenters. The molecule has 0 saturated heterocycles. The van der Waals surface area contributed by atoms with Crippen LogP contribution in [0.25, 0.3) is 0 Å². The molecule has 4 heteroatoms. The molecule has 17 heavy (non-hydrogen) atoms. The fraction of sp³-hybridized carbons (Fsp3) is 0.462. The number of carbonyl (C=O) groups excluding carboxylic acids is 1. The monoisotopic (exact) mass is 299 g/mol. The number of hydrogen-bond donors (Lipinski definition) is 0. The molecule has 3 nitrogen and oxygen atoms in total. The quantitative estimate of drug-likeness (QED) is 0.782. The lowest BCUT2D eigenvalue weighted by Gasteiger charge is -2.19. The maximum Gasteiger partial charge on any atom is 0.226 e. The van der Waals surface area contributed by atoms with Gasteiger partial charge in [-0.15, -0.1) is 0 Å². The van der Waals surface area contributed by atoms with E-state index in [2.05, 4.69) is 15.9 Å². The van der Waals surface area contributed by atoms with Crippen molar-refractivity contribution in [2.45, 2.75) is 18.2 Å². The summed E-state index contributed by atoms with van der Waals surface area (Å²) in [5, 5.41) is 0. The third-order valence-electron chi connectivity index (χ3n) is 2.49. The van der Waals surface area contributed by atoms with Gasteiger partial charge < -0.3 is 9.64 Å². The zero-order valence-electron chi connectivity index (χ0n) is 10.4. The van der Waals surface area contributed by atoms with Gasteiger partial charge in [0.15, 0.2) is 0 Å². The number of ether oxygens (including phenoxy) is 1. The zero-order valence-corrected chi connectivity index (χ0v) is 12.0. The molecule has 0 spiro atoms. The third-order valence-corrected chi connectivity index (χ3v) is 2.77. The highest BCUT2D eigenvalue weighted by atomic mass is 79.9. The molecular weight excluding hydrogens is 282 g/mol. The fourth-order valence-electron chi connectivity index (χ4n) is 1.63. The normalized spacial score (nSPS) is 12.0. The molecule has 0 aliphatic rings. The first-order valence-corrected chi connectivity index (χ1v) is 6.46. The standard InChI is InChI=1S/C13H18BrNO2/c1-10(14)9-15(2)13(16)8-11-6-4-5-7-12(11)17-3/h4-7,10H,8-9H2,1-3H3. The second kappa shape index (κ2) is 6.64. The first-order valence-electron chi connectivity index (χ1n) is 5.54. The van der Waals surface area contributed by atoms with Crippen LogP contribution in [0, 0.1) is 0 Å². The molecule has 0 radical (unpaired) electrons. The van der Waals surface area contributed by atoms with Crippen LogP contribution >= 0.6 is 15.9 Å². The van der Waals surface area contributed by atoms with Crippen molar-refractivity contribution in [1.29, 1.82) is 0 Å². The molecule has 1 rings (SSSR count). The van der Waals surface area contributed by atoms with E-state index >= 15 is 0 Å². The van der Waals surface area contributed by atoms with E-state index in [1.54, 1.807) is 12.0 Å². The van der Waals surface area contributed by atoms with Gasteiger partial charge in [-0.3, -0.25) is 4.79 Å². The van der Waals surface area contributed by atoms with Gasteiger partial charge in [0.05, 0.1) is 13.5 Å². The Labute approximate surface area is 111 Å². The highest BCUT2D eigenvalue weighted by Crippen LogP contribution is 2.18. The number of hydrogen-bond acceptors (Lipinski definition) is 2. The maximum atomic E-state index is 12.0. The van der Waals surface area contributed by atoms with E-state index in [0.717, 1.165) is 11.3 Å². The van der Waals surface area contributed by atoms with Gasteiger partial charge >= 0.3 is 0 Å². The van der Waals surface area contributed by atoms with Gasteiger partial charge in [-0.05, 0) is 6.07 Å². The van der Waals surface area contributed by atoms with Crippen molar-refractivity contribution >= 4 is 21.8 Å². The van der Waals surface area contributed by atoms with Gasteiger partial charge in [-0.1, -0.05) is 41.1 Å². The van der Waals surface area contributed by atoms with Gasteiger partial charge in [0, 0.05) is 24.0 Å². The SMILES string of the molecule is COc1ccccc1CC(=O)N(C)CC(C)Br. The van der Waals surface area contributed by atoms with Crippen LogP contribution in [0.1, 0.15) is 12.5 Å². The summed E-state index contributed by atoms with van der Waals surface area (Å²) in [7, 11) is 3.43. The molecule has 0 N–H and O–H groups in total. The number of amides is 1. The molecule has 0 aliphatic carbocycles. The lowest BCUT2D eigenvalue weighted by molar-refractivity contribution is -0.129. The average molecular weight is 300 g/mol. The Kier molecular flexibility index (Phi) is 5.48. The summed E-state index contributed by atoms with van der Waals surface area (Å²) in [5.41, 5.74) is 0.925. The molecule has 0 aromatic heterocycles. The largest absolute Gasteiger partial charge is 0.496 e. The molecule has 0 fully saturated rings. The number of likely N-dealkylation sites (N-methyl/N-ethyl adjacent to an activating group) is 1. The predicted molar refractivity (Wildman–Crippen MR) is 72.7 cm³/mol. The Morgan fingerprint density at radius 2 is 2.12 bits per heavy atom. The number of halogens is 1. The lowest BCUT2D eigenvalue weighted by Crippen LogP contribution is -2.32. The molecule has 0 heterocycles. The molecule has 1 amide bonds. The number of benzene rings is 1. The number of para-hydroxylation sites is 1. The zero-order chi connectivity index (χ0) is 12.8. The topological polar surface area (TPSA) is 29.5 Å². The minimum absolute atomic E-state index is 0.0980. The first kappa shape index (κ1) is 14.0. The van der Waals surface area contributed by atoms with Crippen LogP contribution in [0.5, 0.6) is 5.75 Å². The minimum Gasteiger partial charge on any atom is -0.496 e. The maximum absolute atomic E-state index is 12.0. The Bertz CT molecular complexity index is 379. The molecule has 1 aromatic rings. The summed E-state index contributed by atoms with van der Waals surface area (Å²) in [6.45, 7) is 2.72. The van der Waals surface area contributed by atoms with Crippen LogP contribution in [0.15, 0.2) is 24.3 Å². The van der Waals surface area contributed by atoms with E-state index in [-0.39, 0.29) is 5.91 Å². The summed E-state index contributed by atoms with van der Waals surface area (Å²) in [5.74, 6) is 0.863. The predicted octanol–water partition coefficient (Wildman–Crippen LogP) is 2.48. The summed E-state index contributed by atoms with van der Waals surface area (Å²) in [4.78, 5) is 14.0. The van der Waals surface area contributed by atoms with Gasteiger partial charge in [-0.25, -0.2) is 0 Å². The van der Waals surface area contributed by atoms with Crippen LogP contribution in [0.4, 0.5) is 0 Å². The highest BCUT2D eigenvalue weighted by molar-refractivity contribution is 9.09. The minimum atomic E-state index is 0.0980. The van der Waals surface area contributed by atoms with Crippen LogP contribution < -0.4 is 4.74 Å². The van der Waals surface area contributed by atoms with Gasteiger partial charge in [0.25, 0.3) is 0 Å². The first-order chi connectivity index (χ1) is 8.04. The number of methoxy groups -OCH3 is 1. The van der Waals surface area contributed by atoms with Crippen molar-refractivity contribution in [2.24, 2.45) is 0 Å². The van der Waals surface area contributed by atoms with Crippen molar-refractivity contribution in [3.8, 4) is 5.75 Å². The van der Waals surface area contributed by atoms with Crippen molar-refractivity contribution in [3.63, 3.8) is 0 Å².